The summed E-state index contributed by atoms with van der Waals surface area (Å²) in [5.74, 6) is -0.0893. The SMILES string of the molecule is CCC1NC(=O)CN(Cc2cccc(Br)c2)C1=O. The Morgan fingerprint density at radius 3 is 2.89 bits per heavy atom. The van der Waals surface area contributed by atoms with E-state index < -0.39 is 0 Å². The van der Waals surface area contributed by atoms with Gasteiger partial charge in [-0.25, -0.2) is 0 Å². The predicted octanol–water partition coefficient (Wildman–Crippen LogP) is 1.69. The maximum Gasteiger partial charge on any atom is 0.245 e. The van der Waals surface area contributed by atoms with Gasteiger partial charge in [-0.1, -0.05) is 35.0 Å². The molecule has 1 N–H and O–H groups in total. The van der Waals surface area contributed by atoms with Crippen molar-refractivity contribution in [3.05, 3.63) is 34.3 Å². The summed E-state index contributed by atoms with van der Waals surface area (Å²) in [6.07, 6.45) is 0.625. The number of halogens is 1. The fourth-order valence-corrected chi connectivity index (χ4v) is 2.49. The number of benzene rings is 1. The molecule has 0 saturated carbocycles. The molecule has 2 rings (SSSR count). The van der Waals surface area contributed by atoms with Crippen molar-refractivity contribution in [3.63, 3.8) is 0 Å². The van der Waals surface area contributed by atoms with E-state index in [0.29, 0.717) is 13.0 Å². The Kier molecular flexibility index (Phi) is 4.01. The molecule has 1 aromatic rings. The second-order valence-corrected chi connectivity index (χ2v) is 5.27. The average molecular weight is 311 g/mol. The fraction of sp³-hybridized carbons (Fsp3) is 0.385. The summed E-state index contributed by atoms with van der Waals surface area (Å²) >= 11 is 3.40. The summed E-state index contributed by atoms with van der Waals surface area (Å²) in [6.45, 7) is 2.51. The maximum atomic E-state index is 12.1. The first-order chi connectivity index (χ1) is 8.60. The Hall–Kier alpha value is -1.36. The lowest BCUT2D eigenvalue weighted by atomic mass is 10.1. The van der Waals surface area contributed by atoms with Crippen molar-refractivity contribution >= 4 is 27.7 Å². The largest absolute Gasteiger partial charge is 0.343 e. The Balaban J connectivity index is 2.12. The molecule has 1 saturated heterocycles. The van der Waals surface area contributed by atoms with E-state index >= 15 is 0 Å². The first kappa shape index (κ1) is 13.1. The molecule has 0 aromatic heterocycles. The van der Waals surface area contributed by atoms with E-state index in [2.05, 4.69) is 21.2 Å². The van der Waals surface area contributed by atoms with Crippen molar-refractivity contribution < 1.29 is 9.59 Å². The molecular weight excluding hydrogens is 296 g/mol. The minimum Gasteiger partial charge on any atom is -0.343 e. The van der Waals surface area contributed by atoms with Crippen molar-refractivity contribution in [2.75, 3.05) is 6.54 Å². The zero-order chi connectivity index (χ0) is 13.1. The maximum absolute atomic E-state index is 12.1. The lowest BCUT2D eigenvalue weighted by Crippen LogP contribution is -2.57. The molecule has 18 heavy (non-hydrogen) atoms. The van der Waals surface area contributed by atoms with Gasteiger partial charge in [-0.3, -0.25) is 9.59 Å². The van der Waals surface area contributed by atoms with Gasteiger partial charge >= 0.3 is 0 Å². The second-order valence-electron chi connectivity index (χ2n) is 4.35. The van der Waals surface area contributed by atoms with Gasteiger partial charge in [0.25, 0.3) is 0 Å². The molecule has 0 spiro atoms. The van der Waals surface area contributed by atoms with Crippen LogP contribution in [0.5, 0.6) is 0 Å². The second kappa shape index (κ2) is 5.52. The van der Waals surface area contributed by atoms with E-state index in [0.717, 1.165) is 10.0 Å². The molecule has 1 aliphatic heterocycles. The van der Waals surface area contributed by atoms with Crippen LogP contribution < -0.4 is 5.32 Å². The number of hydrogen-bond donors (Lipinski definition) is 1. The van der Waals surface area contributed by atoms with Gasteiger partial charge in [-0.15, -0.1) is 0 Å². The molecule has 1 fully saturated rings. The predicted molar refractivity (Wildman–Crippen MR) is 71.8 cm³/mol. The molecule has 1 aromatic carbocycles. The first-order valence-corrected chi connectivity index (χ1v) is 6.72. The third kappa shape index (κ3) is 2.90. The van der Waals surface area contributed by atoms with E-state index in [9.17, 15) is 9.59 Å². The number of carbonyl (C=O) groups excluding carboxylic acids is 2. The fourth-order valence-electron chi connectivity index (χ4n) is 2.04. The molecule has 4 nitrogen and oxygen atoms in total. The van der Waals surface area contributed by atoms with Crippen LogP contribution >= 0.6 is 15.9 Å². The molecule has 1 atom stereocenters. The quantitative estimate of drug-likeness (QED) is 0.923. The molecule has 1 aliphatic rings. The highest BCUT2D eigenvalue weighted by atomic mass is 79.9. The molecule has 5 heteroatoms. The van der Waals surface area contributed by atoms with Crippen LogP contribution in [0.15, 0.2) is 28.7 Å². The van der Waals surface area contributed by atoms with Gasteiger partial charge in [-0.2, -0.15) is 0 Å². The van der Waals surface area contributed by atoms with E-state index in [1.54, 1.807) is 4.90 Å². The molecule has 0 bridgehead atoms. The zero-order valence-electron chi connectivity index (χ0n) is 10.1. The van der Waals surface area contributed by atoms with E-state index in [1.807, 2.05) is 31.2 Å². The van der Waals surface area contributed by atoms with Gasteiger partial charge in [0, 0.05) is 11.0 Å². The third-order valence-corrected chi connectivity index (χ3v) is 3.44. The Morgan fingerprint density at radius 1 is 1.44 bits per heavy atom. The van der Waals surface area contributed by atoms with Crippen LogP contribution in [0, 0.1) is 0 Å². The molecule has 2 amide bonds. The van der Waals surface area contributed by atoms with Crippen molar-refractivity contribution in [2.24, 2.45) is 0 Å². The summed E-state index contributed by atoms with van der Waals surface area (Å²) in [5, 5.41) is 2.70. The summed E-state index contributed by atoms with van der Waals surface area (Å²) in [7, 11) is 0. The van der Waals surface area contributed by atoms with Crippen molar-refractivity contribution in [1.82, 2.24) is 10.2 Å². The van der Waals surface area contributed by atoms with Crippen LogP contribution in [0.25, 0.3) is 0 Å². The number of piperazine rings is 1. The van der Waals surface area contributed by atoms with Gasteiger partial charge in [-0.05, 0) is 24.1 Å². The highest BCUT2D eigenvalue weighted by molar-refractivity contribution is 9.10. The number of hydrogen-bond acceptors (Lipinski definition) is 2. The van der Waals surface area contributed by atoms with Crippen molar-refractivity contribution in [2.45, 2.75) is 25.9 Å². The number of nitrogens with zero attached hydrogens (tertiary/aromatic N) is 1. The van der Waals surface area contributed by atoms with Crippen molar-refractivity contribution in [1.29, 1.82) is 0 Å². The minimum atomic E-state index is -0.376. The molecule has 1 heterocycles. The number of rotatable bonds is 3. The molecular formula is C13H15BrN2O2. The van der Waals surface area contributed by atoms with Gasteiger partial charge in [0.1, 0.15) is 6.04 Å². The Labute approximate surface area is 114 Å². The molecule has 0 radical (unpaired) electrons. The minimum absolute atomic E-state index is 0.00271. The number of nitrogens with one attached hydrogen (secondary N) is 1. The van der Waals surface area contributed by atoms with Gasteiger partial charge in [0.2, 0.25) is 11.8 Å². The van der Waals surface area contributed by atoms with Crippen LogP contribution in [0.4, 0.5) is 0 Å². The zero-order valence-corrected chi connectivity index (χ0v) is 11.7. The normalized spacial score (nSPS) is 19.9. The van der Waals surface area contributed by atoms with E-state index in [1.165, 1.54) is 0 Å². The number of amides is 2. The summed E-state index contributed by atoms with van der Waals surface area (Å²) in [6, 6.07) is 7.39. The lowest BCUT2D eigenvalue weighted by molar-refractivity contribution is -0.144. The van der Waals surface area contributed by atoms with Crippen LogP contribution in [-0.2, 0) is 16.1 Å². The van der Waals surface area contributed by atoms with Crippen LogP contribution in [0.2, 0.25) is 0 Å². The molecule has 1 unspecified atom stereocenters. The smallest absolute Gasteiger partial charge is 0.245 e. The average Bonchev–Trinajstić information content (AvgIpc) is 2.33. The van der Waals surface area contributed by atoms with Gasteiger partial charge in [0.05, 0.1) is 6.54 Å². The monoisotopic (exact) mass is 310 g/mol. The highest BCUT2D eigenvalue weighted by Crippen LogP contribution is 2.15. The lowest BCUT2D eigenvalue weighted by Gasteiger charge is -2.32. The topological polar surface area (TPSA) is 49.4 Å². The molecule has 0 aliphatic carbocycles. The standard InChI is InChI=1S/C13H15BrN2O2/c1-2-11-13(18)16(8-12(17)15-11)7-9-4-3-5-10(14)6-9/h3-6,11H,2,7-8H2,1H3,(H,15,17). The summed E-state index contributed by atoms with van der Waals surface area (Å²) in [4.78, 5) is 25.2. The third-order valence-electron chi connectivity index (χ3n) is 2.95. The molecule has 96 valence electrons. The van der Waals surface area contributed by atoms with E-state index in [4.69, 9.17) is 0 Å². The van der Waals surface area contributed by atoms with Crippen LogP contribution in [0.1, 0.15) is 18.9 Å². The number of carbonyl (C=O) groups is 2. The Morgan fingerprint density at radius 2 is 2.22 bits per heavy atom. The highest BCUT2D eigenvalue weighted by Gasteiger charge is 2.31. The van der Waals surface area contributed by atoms with Crippen LogP contribution in [-0.4, -0.2) is 29.3 Å². The van der Waals surface area contributed by atoms with Gasteiger partial charge < -0.3 is 10.2 Å². The van der Waals surface area contributed by atoms with Crippen molar-refractivity contribution in [3.8, 4) is 0 Å². The van der Waals surface area contributed by atoms with Gasteiger partial charge in [0.15, 0.2) is 0 Å². The Bertz CT molecular complexity index is 476. The van der Waals surface area contributed by atoms with E-state index in [-0.39, 0.29) is 24.4 Å². The first-order valence-electron chi connectivity index (χ1n) is 5.92. The summed E-state index contributed by atoms with van der Waals surface area (Å²) < 4.78 is 0.973. The van der Waals surface area contributed by atoms with Crippen LogP contribution in [0.3, 0.4) is 0 Å². The summed E-state index contributed by atoms with van der Waals surface area (Å²) in [5.41, 5.74) is 1.02.